The van der Waals surface area contributed by atoms with Crippen molar-refractivity contribution in [3.63, 3.8) is 0 Å². The number of fused-ring (bicyclic) bond motifs is 7. The molecule has 43 heavy (non-hydrogen) atoms. The topological polar surface area (TPSA) is 55.3 Å². The molecule has 0 fully saturated rings. The molecular weight excluding hydrogens is 530 g/mol. The van der Waals surface area contributed by atoms with Crippen LogP contribution in [0.25, 0.3) is 66.0 Å². The summed E-state index contributed by atoms with van der Waals surface area (Å²) in [6.45, 7) is 0. The normalized spacial score (nSPS) is 11.7. The van der Waals surface area contributed by atoms with Gasteiger partial charge in [-0.05, 0) is 82.6 Å². The Morgan fingerprint density at radius 2 is 1.00 bits per heavy atom. The first kappa shape index (κ1) is 23.7. The largest absolute Gasteiger partial charge is 0.438 e. The number of nitrogens with zero attached hydrogens (tertiary/aromatic N) is 3. The molecule has 0 bridgehead atoms. The quantitative estimate of drug-likeness (QED) is 0.217. The van der Waals surface area contributed by atoms with Gasteiger partial charge in [-0.2, -0.15) is 0 Å². The van der Waals surface area contributed by atoms with Gasteiger partial charge in [-0.25, -0.2) is 9.97 Å². The molecule has 0 radical (unpaired) electrons. The van der Waals surface area contributed by atoms with Gasteiger partial charge in [0, 0.05) is 63.1 Å². The molecule has 9 rings (SSSR count). The van der Waals surface area contributed by atoms with Crippen molar-refractivity contribution in [3.8, 4) is 11.1 Å². The van der Waals surface area contributed by atoms with Gasteiger partial charge in [0.15, 0.2) is 0 Å². The lowest BCUT2D eigenvalue weighted by Crippen LogP contribution is -2.09. The summed E-state index contributed by atoms with van der Waals surface area (Å²) >= 11 is 0. The van der Waals surface area contributed by atoms with Crippen LogP contribution in [0.1, 0.15) is 0 Å². The molecule has 0 amide bonds. The predicted molar refractivity (Wildman–Crippen MR) is 174 cm³/mol. The molecule has 0 saturated carbocycles. The standard InChI is InChI=1S/C38H23N3O2/c1-2-8-29-24(6-1)7-3-9-30(29)25-12-14-26(15-13-25)41(27-16-18-31-33-10-4-20-39-37(33)42-35(31)22-27)28-17-19-32-34-11-5-21-40-38(34)43-36(32)23-28/h1-23H. The molecule has 4 heterocycles. The van der Waals surface area contributed by atoms with Gasteiger partial charge in [0.2, 0.25) is 11.4 Å². The van der Waals surface area contributed by atoms with Crippen molar-refractivity contribution in [2.45, 2.75) is 0 Å². The van der Waals surface area contributed by atoms with E-state index >= 15 is 0 Å². The second-order valence-corrected chi connectivity index (χ2v) is 10.7. The van der Waals surface area contributed by atoms with Crippen molar-refractivity contribution < 1.29 is 8.83 Å². The summed E-state index contributed by atoms with van der Waals surface area (Å²) in [4.78, 5) is 11.1. The van der Waals surface area contributed by atoms with Gasteiger partial charge in [-0.15, -0.1) is 0 Å². The second-order valence-electron chi connectivity index (χ2n) is 10.7. The van der Waals surface area contributed by atoms with E-state index in [1.165, 1.54) is 16.3 Å². The highest BCUT2D eigenvalue weighted by Gasteiger charge is 2.18. The van der Waals surface area contributed by atoms with Crippen molar-refractivity contribution in [2.24, 2.45) is 0 Å². The third-order valence-corrected chi connectivity index (χ3v) is 8.21. The number of rotatable bonds is 4. The molecule has 0 aliphatic heterocycles. The average molecular weight is 554 g/mol. The maximum atomic E-state index is 6.18. The molecule has 0 unspecified atom stereocenters. The SMILES string of the molecule is c1ccc2c(-c3ccc(N(c4ccc5c(c4)oc4ncccc45)c4ccc5c(c4)oc4ncccc45)cc3)cccc2c1. The van der Waals surface area contributed by atoms with Crippen LogP contribution in [-0.2, 0) is 0 Å². The smallest absolute Gasteiger partial charge is 0.227 e. The van der Waals surface area contributed by atoms with E-state index in [2.05, 4.69) is 118 Å². The Kier molecular flexibility index (Phi) is 5.13. The first-order valence-corrected chi connectivity index (χ1v) is 14.2. The van der Waals surface area contributed by atoms with Crippen LogP contribution in [0, 0.1) is 0 Å². The zero-order chi connectivity index (χ0) is 28.3. The van der Waals surface area contributed by atoms with Crippen LogP contribution >= 0.6 is 0 Å². The molecule has 4 aromatic heterocycles. The molecule has 5 aromatic carbocycles. The summed E-state index contributed by atoms with van der Waals surface area (Å²) in [6.07, 6.45) is 3.51. The zero-order valence-electron chi connectivity index (χ0n) is 22.9. The zero-order valence-corrected chi connectivity index (χ0v) is 22.9. The lowest BCUT2D eigenvalue weighted by molar-refractivity contribution is 0.654. The van der Waals surface area contributed by atoms with Crippen LogP contribution < -0.4 is 4.90 Å². The van der Waals surface area contributed by atoms with E-state index in [-0.39, 0.29) is 0 Å². The molecule has 0 saturated heterocycles. The molecule has 0 N–H and O–H groups in total. The minimum absolute atomic E-state index is 0.636. The highest BCUT2D eigenvalue weighted by Crippen LogP contribution is 2.41. The Morgan fingerprint density at radius 1 is 0.442 bits per heavy atom. The maximum Gasteiger partial charge on any atom is 0.227 e. The van der Waals surface area contributed by atoms with E-state index < -0.39 is 0 Å². The van der Waals surface area contributed by atoms with E-state index in [4.69, 9.17) is 8.83 Å². The molecule has 5 nitrogen and oxygen atoms in total. The monoisotopic (exact) mass is 553 g/mol. The number of anilines is 3. The van der Waals surface area contributed by atoms with E-state index in [1.54, 1.807) is 12.4 Å². The molecule has 202 valence electrons. The minimum atomic E-state index is 0.636. The van der Waals surface area contributed by atoms with Crippen molar-refractivity contribution in [2.75, 3.05) is 4.90 Å². The van der Waals surface area contributed by atoms with Crippen LogP contribution in [0.3, 0.4) is 0 Å². The van der Waals surface area contributed by atoms with Crippen LogP contribution in [0.2, 0.25) is 0 Å². The summed E-state index contributed by atoms with van der Waals surface area (Å²) < 4.78 is 12.4. The lowest BCUT2D eigenvalue weighted by atomic mass is 9.98. The number of hydrogen-bond donors (Lipinski definition) is 0. The Balaban J connectivity index is 1.22. The minimum Gasteiger partial charge on any atom is -0.438 e. The fraction of sp³-hybridized carbons (Fsp3) is 0. The fourth-order valence-electron chi connectivity index (χ4n) is 6.19. The molecule has 9 aromatic rings. The number of pyridine rings is 2. The van der Waals surface area contributed by atoms with Crippen molar-refractivity contribution in [1.29, 1.82) is 0 Å². The van der Waals surface area contributed by atoms with Gasteiger partial charge in [0.05, 0.1) is 0 Å². The third kappa shape index (κ3) is 3.79. The van der Waals surface area contributed by atoms with Crippen LogP contribution in [0.5, 0.6) is 0 Å². The number of furan rings is 2. The van der Waals surface area contributed by atoms with Crippen molar-refractivity contribution in [1.82, 2.24) is 9.97 Å². The Morgan fingerprint density at radius 3 is 1.65 bits per heavy atom. The van der Waals surface area contributed by atoms with E-state index in [0.717, 1.165) is 55.3 Å². The molecule has 0 atom stereocenters. The summed E-state index contributed by atoms with van der Waals surface area (Å²) in [7, 11) is 0. The molecular formula is C38H23N3O2. The lowest BCUT2D eigenvalue weighted by Gasteiger charge is -2.25. The first-order chi connectivity index (χ1) is 21.3. The Hall–Kier alpha value is -5.94. The number of hydrogen-bond acceptors (Lipinski definition) is 5. The van der Waals surface area contributed by atoms with E-state index in [9.17, 15) is 0 Å². The van der Waals surface area contributed by atoms with Gasteiger partial charge in [0.25, 0.3) is 0 Å². The second kappa shape index (κ2) is 9.29. The van der Waals surface area contributed by atoms with Gasteiger partial charge < -0.3 is 13.7 Å². The third-order valence-electron chi connectivity index (χ3n) is 8.21. The van der Waals surface area contributed by atoms with Crippen LogP contribution in [0.4, 0.5) is 17.1 Å². The highest BCUT2D eigenvalue weighted by molar-refractivity contribution is 6.06. The maximum absolute atomic E-state index is 6.18. The first-order valence-electron chi connectivity index (χ1n) is 14.2. The van der Waals surface area contributed by atoms with E-state index in [1.807, 2.05) is 24.3 Å². The number of aromatic nitrogens is 2. The Labute approximate surface area is 246 Å². The average Bonchev–Trinajstić information content (AvgIpc) is 3.62. The Bertz CT molecular complexity index is 2350. The van der Waals surface area contributed by atoms with Crippen LogP contribution in [-0.4, -0.2) is 9.97 Å². The van der Waals surface area contributed by atoms with E-state index in [0.29, 0.717) is 11.4 Å². The highest BCUT2D eigenvalue weighted by atomic mass is 16.3. The molecule has 0 aliphatic rings. The van der Waals surface area contributed by atoms with Gasteiger partial charge >= 0.3 is 0 Å². The molecule has 5 heteroatoms. The summed E-state index contributed by atoms with van der Waals surface area (Å²) in [5.41, 5.74) is 8.19. The van der Waals surface area contributed by atoms with Crippen LogP contribution in [0.15, 0.2) is 149 Å². The van der Waals surface area contributed by atoms with Crippen molar-refractivity contribution >= 4 is 72.0 Å². The fourth-order valence-corrected chi connectivity index (χ4v) is 6.19. The summed E-state index contributed by atoms with van der Waals surface area (Å²) in [5.74, 6) is 0. The predicted octanol–water partition coefficient (Wildman–Crippen LogP) is 10.6. The summed E-state index contributed by atoms with van der Waals surface area (Å²) in [5, 5.41) is 6.56. The van der Waals surface area contributed by atoms with Gasteiger partial charge in [0.1, 0.15) is 11.2 Å². The number of benzene rings is 5. The molecule has 0 aliphatic carbocycles. The van der Waals surface area contributed by atoms with Crippen molar-refractivity contribution in [3.05, 3.63) is 140 Å². The summed E-state index contributed by atoms with van der Waals surface area (Å²) in [6, 6.07) is 44.3. The molecule has 0 spiro atoms. The van der Waals surface area contributed by atoms with Gasteiger partial charge in [-0.3, -0.25) is 0 Å². The van der Waals surface area contributed by atoms with Gasteiger partial charge in [-0.1, -0.05) is 54.6 Å².